The number of rotatable bonds is 6. The van der Waals surface area contributed by atoms with Crippen LogP contribution >= 0.6 is 23.1 Å². The van der Waals surface area contributed by atoms with Crippen LogP contribution in [0.5, 0.6) is 0 Å². The van der Waals surface area contributed by atoms with Gasteiger partial charge < -0.3 is 4.74 Å². The number of thioether (sulfide) groups is 1. The molecule has 26 heavy (non-hydrogen) atoms. The zero-order chi connectivity index (χ0) is 18.7. The van der Waals surface area contributed by atoms with Gasteiger partial charge in [0.1, 0.15) is 21.4 Å². The van der Waals surface area contributed by atoms with E-state index < -0.39 is 0 Å². The standard InChI is InChI=1S/C20H22N2O2S2/c1-12(2)9-24-20(23)14(4)26-19-17-16(10-25-18(17)21-11-22-19)15-7-5-13(3)6-8-15/h5-8,10-12,14H,9H2,1-4H3/t14-/m1/s1. The van der Waals surface area contributed by atoms with E-state index in [1.807, 2.05) is 20.8 Å². The average molecular weight is 387 g/mol. The molecule has 0 saturated carbocycles. The normalized spacial score (nSPS) is 12.5. The second kappa shape index (κ2) is 8.18. The molecule has 0 bridgehead atoms. The van der Waals surface area contributed by atoms with Gasteiger partial charge in [-0.3, -0.25) is 4.79 Å². The van der Waals surface area contributed by atoms with Crippen LogP contribution in [-0.2, 0) is 9.53 Å². The Kier molecular flexibility index (Phi) is 5.94. The first kappa shape index (κ1) is 18.9. The molecule has 0 saturated heterocycles. The molecule has 0 aliphatic heterocycles. The Morgan fingerprint density at radius 3 is 2.62 bits per heavy atom. The lowest BCUT2D eigenvalue weighted by molar-refractivity contribution is -0.143. The first-order valence-corrected chi connectivity index (χ1v) is 10.3. The van der Waals surface area contributed by atoms with Crippen LogP contribution in [0.1, 0.15) is 26.3 Å². The molecule has 2 aromatic heterocycles. The molecule has 0 spiro atoms. The van der Waals surface area contributed by atoms with E-state index in [2.05, 4.69) is 46.5 Å². The highest BCUT2D eigenvalue weighted by Gasteiger charge is 2.21. The highest BCUT2D eigenvalue weighted by molar-refractivity contribution is 8.00. The van der Waals surface area contributed by atoms with Gasteiger partial charge in [-0.15, -0.1) is 11.3 Å². The first-order valence-electron chi connectivity index (χ1n) is 8.58. The van der Waals surface area contributed by atoms with Crippen molar-refractivity contribution in [3.05, 3.63) is 41.5 Å². The van der Waals surface area contributed by atoms with E-state index in [1.165, 1.54) is 17.3 Å². The maximum atomic E-state index is 12.2. The van der Waals surface area contributed by atoms with Gasteiger partial charge in [0.05, 0.1) is 12.0 Å². The number of esters is 1. The lowest BCUT2D eigenvalue weighted by Gasteiger charge is -2.13. The van der Waals surface area contributed by atoms with E-state index in [1.54, 1.807) is 17.7 Å². The summed E-state index contributed by atoms with van der Waals surface area (Å²) in [5.74, 6) is 0.120. The number of fused-ring (bicyclic) bond motifs is 1. The summed E-state index contributed by atoms with van der Waals surface area (Å²) in [7, 11) is 0. The molecule has 0 radical (unpaired) electrons. The molecular weight excluding hydrogens is 364 g/mol. The number of aryl methyl sites for hydroxylation is 1. The number of thiophene rings is 1. The zero-order valence-corrected chi connectivity index (χ0v) is 17.0. The largest absolute Gasteiger partial charge is 0.465 e. The second-order valence-electron chi connectivity index (χ2n) is 6.66. The minimum atomic E-state index is -0.322. The van der Waals surface area contributed by atoms with Crippen LogP contribution in [0.4, 0.5) is 0 Å². The average Bonchev–Trinajstić information content (AvgIpc) is 3.05. The Balaban J connectivity index is 1.90. The monoisotopic (exact) mass is 386 g/mol. The first-order chi connectivity index (χ1) is 12.5. The molecule has 3 rings (SSSR count). The van der Waals surface area contributed by atoms with Crippen molar-refractivity contribution < 1.29 is 9.53 Å². The third kappa shape index (κ3) is 4.24. The summed E-state index contributed by atoms with van der Waals surface area (Å²) < 4.78 is 5.36. The third-order valence-corrected chi connectivity index (χ3v) is 5.84. The van der Waals surface area contributed by atoms with Crippen molar-refractivity contribution in [3.63, 3.8) is 0 Å². The SMILES string of the molecule is Cc1ccc(-c2csc3ncnc(S[C@H](C)C(=O)OCC(C)C)c23)cc1. The summed E-state index contributed by atoms with van der Waals surface area (Å²) in [6.45, 7) is 8.43. The van der Waals surface area contributed by atoms with Crippen molar-refractivity contribution in [2.75, 3.05) is 6.61 Å². The lowest BCUT2D eigenvalue weighted by atomic mass is 10.1. The predicted molar refractivity (Wildman–Crippen MR) is 109 cm³/mol. The zero-order valence-electron chi connectivity index (χ0n) is 15.4. The van der Waals surface area contributed by atoms with E-state index in [-0.39, 0.29) is 11.2 Å². The summed E-state index contributed by atoms with van der Waals surface area (Å²) >= 11 is 3.03. The fraction of sp³-hybridized carbons (Fsp3) is 0.350. The van der Waals surface area contributed by atoms with Gasteiger partial charge in [-0.1, -0.05) is 55.4 Å². The molecule has 4 nitrogen and oxygen atoms in total. The third-order valence-electron chi connectivity index (χ3n) is 3.88. The summed E-state index contributed by atoms with van der Waals surface area (Å²) in [6, 6.07) is 8.42. The summed E-state index contributed by atoms with van der Waals surface area (Å²) in [6.07, 6.45) is 1.56. The van der Waals surface area contributed by atoms with Crippen molar-refractivity contribution >= 4 is 39.3 Å². The van der Waals surface area contributed by atoms with Crippen LogP contribution in [0.15, 0.2) is 41.0 Å². The molecule has 3 aromatic rings. The Labute approximate surface area is 162 Å². The smallest absolute Gasteiger partial charge is 0.319 e. The van der Waals surface area contributed by atoms with Crippen LogP contribution in [0.2, 0.25) is 0 Å². The van der Waals surface area contributed by atoms with E-state index >= 15 is 0 Å². The van der Waals surface area contributed by atoms with Gasteiger partial charge in [0.2, 0.25) is 0 Å². The van der Waals surface area contributed by atoms with Crippen LogP contribution < -0.4 is 0 Å². The Morgan fingerprint density at radius 2 is 1.92 bits per heavy atom. The molecule has 2 heterocycles. The van der Waals surface area contributed by atoms with Gasteiger partial charge in [0, 0.05) is 10.9 Å². The highest BCUT2D eigenvalue weighted by atomic mass is 32.2. The molecule has 0 aliphatic rings. The maximum Gasteiger partial charge on any atom is 0.319 e. The number of ether oxygens (including phenoxy) is 1. The minimum absolute atomic E-state index is 0.206. The van der Waals surface area contributed by atoms with Gasteiger partial charge in [-0.05, 0) is 25.3 Å². The molecule has 6 heteroatoms. The number of hydrogen-bond acceptors (Lipinski definition) is 6. The number of carbonyl (C=O) groups excluding carboxylic acids is 1. The topological polar surface area (TPSA) is 52.1 Å². The fourth-order valence-corrected chi connectivity index (χ4v) is 4.38. The van der Waals surface area contributed by atoms with Gasteiger partial charge in [0.25, 0.3) is 0 Å². The second-order valence-corrected chi connectivity index (χ2v) is 8.85. The van der Waals surface area contributed by atoms with E-state index in [9.17, 15) is 4.79 Å². The molecule has 0 aliphatic carbocycles. The molecule has 1 aromatic carbocycles. The van der Waals surface area contributed by atoms with Crippen molar-refractivity contribution in [2.24, 2.45) is 5.92 Å². The molecule has 1 atom stereocenters. The summed E-state index contributed by atoms with van der Waals surface area (Å²) in [4.78, 5) is 22.0. The fourth-order valence-electron chi connectivity index (χ4n) is 2.46. The maximum absolute atomic E-state index is 12.2. The molecule has 136 valence electrons. The van der Waals surface area contributed by atoms with Crippen LogP contribution in [0.25, 0.3) is 21.3 Å². The molecule has 0 unspecified atom stereocenters. The van der Waals surface area contributed by atoms with Gasteiger partial charge >= 0.3 is 5.97 Å². The molecule has 0 fully saturated rings. The lowest BCUT2D eigenvalue weighted by Crippen LogP contribution is -2.19. The molecule has 0 amide bonds. The summed E-state index contributed by atoms with van der Waals surface area (Å²) in [5.41, 5.74) is 3.46. The summed E-state index contributed by atoms with van der Waals surface area (Å²) in [5, 5.41) is 3.61. The Bertz CT molecular complexity index is 904. The number of benzene rings is 1. The minimum Gasteiger partial charge on any atom is -0.465 e. The van der Waals surface area contributed by atoms with Crippen LogP contribution in [0, 0.1) is 12.8 Å². The van der Waals surface area contributed by atoms with E-state index in [4.69, 9.17) is 4.74 Å². The van der Waals surface area contributed by atoms with Crippen molar-refractivity contribution in [2.45, 2.75) is 38.0 Å². The van der Waals surface area contributed by atoms with Gasteiger partial charge in [0.15, 0.2) is 0 Å². The molecule has 0 N–H and O–H groups in total. The van der Waals surface area contributed by atoms with Crippen LogP contribution in [-0.4, -0.2) is 27.8 Å². The predicted octanol–water partition coefficient (Wildman–Crippen LogP) is 5.35. The Morgan fingerprint density at radius 1 is 1.19 bits per heavy atom. The number of aromatic nitrogens is 2. The van der Waals surface area contributed by atoms with Crippen molar-refractivity contribution in [3.8, 4) is 11.1 Å². The van der Waals surface area contributed by atoms with Crippen molar-refractivity contribution in [1.82, 2.24) is 9.97 Å². The highest BCUT2D eigenvalue weighted by Crippen LogP contribution is 2.39. The van der Waals surface area contributed by atoms with Gasteiger partial charge in [-0.25, -0.2) is 9.97 Å². The van der Waals surface area contributed by atoms with Crippen LogP contribution in [0.3, 0.4) is 0 Å². The quantitative estimate of drug-likeness (QED) is 0.325. The van der Waals surface area contributed by atoms with Gasteiger partial charge in [-0.2, -0.15) is 0 Å². The number of hydrogen-bond donors (Lipinski definition) is 0. The number of carbonyl (C=O) groups is 1. The van der Waals surface area contributed by atoms with E-state index in [0.717, 1.165) is 26.4 Å². The van der Waals surface area contributed by atoms with Crippen molar-refractivity contribution in [1.29, 1.82) is 0 Å². The molecular formula is C20H22N2O2S2. The van der Waals surface area contributed by atoms with E-state index in [0.29, 0.717) is 12.5 Å². The Hall–Kier alpha value is -1.92. The number of nitrogens with zero attached hydrogens (tertiary/aromatic N) is 2.